The Bertz CT molecular complexity index is 529. The van der Waals surface area contributed by atoms with E-state index in [1.54, 1.807) is 6.20 Å². The van der Waals surface area contributed by atoms with Gasteiger partial charge in [0.2, 0.25) is 0 Å². The minimum atomic E-state index is 0.528. The van der Waals surface area contributed by atoms with E-state index < -0.39 is 0 Å². The summed E-state index contributed by atoms with van der Waals surface area (Å²) in [6, 6.07) is 3.89. The quantitative estimate of drug-likeness (QED) is 0.764. The first kappa shape index (κ1) is 12.0. The van der Waals surface area contributed by atoms with E-state index in [0.29, 0.717) is 11.0 Å². The van der Waals surface area contributed by atoms with Gasteiger partial charge in [-0.3, -0.25) is 4.98 Å². The monoisotopic (exact) mass is 247 g/mol. The Morgan fingerprint density at radius 1 is 1.24 bits per heavy atom. The summed E-state index contributed by atoms with van der Waals surface area (Å²) in [6.07, 6.45) is 2.58. The third kappa shape index (κ3) is 2.29. The molecule has 0 amide bonds. The highest BCUT2D eigenvalue weighted by Crippen LogP contribution is 2.23. The third-order valence-electron chi connectivity index (χ3n) is 2.74. The van der Waals surface area contributed by atoms with Crippen molar-refractivity contribution in [3.8, 4) is 11.5 Å². The van der Waals surface area contributed by atoms with Crippen molar-refractivity contribution in [1.29, 1.82) is 0 Å². The van der Waals surface area contributed by atoms with E-state index in [4.69, 9.17) is 11.6 Å². The average molecular weight is 248 g/mol. The van der Waals surface area contributed by atoms with E-state index in [-0.39, 0.29) is 0 Å². The van der Waals surface area contributed by atoms with Crippen LogP contribution in [0.4, 0.5) is 0 Å². The second-order valence-corrected chi connectivity index (χ2v) is 4.28. The van der Waals surface area contributed by atoms with Gasteiger partial charge in [-0.25, -0.2) is 9.97 Å². The van der Waals surface area contributed by atoms with Gasteiger partial charge in [-0.15, -0.1) is 0 Å². The van der Waals surface area contributed by atoms with Crippen molar-refractivity contribution in [3.63, 3.8) is 0 Å². The van der Waals surface area contributed by atoms with E-state index in [0.717, 1.165) is 28.9 Å². The zero-order valence-corrected chi connectivity index (χ0v) is 10.9. The fourth-order valence-electron chi connectivity index (χ4n) is 1.79. The topological polar surface area (TPSA) is 38.7 Å². The Kier molecular flexibility index (Phi) is 3.38. The largest absolute Gasteiger partial charge is 0.253 e. The molecule has 0 N–H and O–H groups in total. The molecule has 0 aliphatic carbocycles. The maximum absolute atomic E-state index is 6.16. The second-order valence-electron chi connectivity index (χ2n) is 3.92. The molecule has 0 saturated carbocycles. The summed E-state index contributed by atoms with van der Waals surface area (Å²) in [7, 11) is 0. The Labute approximate surface area is 106 Å². The maximum atomic E-state index is 6.16. The van der Waals surface area contributed by atoms with Crippen molar-refractivity contribution in [3.05, 3.63) is 40.3 Å². The van der Waals surface area contributed by atoms with Gasteiger partial charge in [-0.2, -0.15) is 0 Å². The predicted molar refractivity (Wildman–Crippen MR) is 69.1 cm³/mol. The molecule has 0 aliphatic rings. The molecule has 0 fully saturated rings. The molecule has 0 spiro atoms. The molecular weight excluding hydrogens is 234 g/mol. The van der Waals surface area contributed by atoms with Crippen LogP contribution in [0.5, 0.6) is 0 Å². The van der Waals surface area contributed by atoms with Gasteiger partial charge >= 0.3 is 0 Å². The van der Waals surface area contributed by atoms with Crippen molar-refractivity contribution in [1.82, 2.24) is 15.0 Å². The van der Waals surface area contributed by atoms with Crippen LogP contribution in [0.25, 0.3) is 11.5 Å². The van der Waals surface area contributed by atoms with E-state index >= 15 is 0 Å². The predicted octanol–water partition coefficient (Wildman–Crippen LogP) is 3.37. The average Bonchev–Trinajstić information content (AvgIpc) is 2.29. The SMILES string of the molecule is CCc1c(C)nc(-c2ncccc2C)nc1Cl. The van der Waals surface area contributed by atoms with E-state index in [1.807, 2.05) is 32.9 Å². The molecule has 2 aromatic rings. The number of hydrogen-bond donors (Lipinski definition) is 0. The van der Waals surface area contributed by atoms with E-state index in [2.05, 4.69) is 15.0 Å². The summed E-state index contributed by atoms with van der Waals surface area (Å²) in [5, 5.41) is 0.528. The first-order valence-corrected chi connectivity index (χ1v) is 5.96. The lowest BCUT2D eigenvalue weighted by molar-refractivity contribution is 0.992. The van der Waals surface area contributed by atoms with Crippen LogP contribution in [0.15, 0.2) is 18.3 Å². The lowest BCUT2D eigenvalue weighted by atomic mass is 10.1. The van der Waals surface area contributed by atoms with Gasteiger partial charge in [0.15, 0.2) is 5.82 Å². The fraction of sp³-hybridized carbons (Fsp3) is 0.308. The van der Waals surface area contributed by atoms with Gasteiger partial charge in [-0.1, -0.05) is 24.6 Å². The Morgan fingerprint density at radius 2 is 2.00 bits per heavy atom. The number of aromatic nitrogens is 3. The molecule has 88 valence electrons. The van der Waals surface area contributed by atoms with E-state index in [1.165, 1.54) is 0 Å². The van der Waals surface area contributed by atoms with Gasteiger partial charge in [0.1, 0.15) is 10.8 Å². The number of nitrogens with zero attached hydrogens (tertiary/aromatic N) is 3. The number of pyridine rings is 1. The highest BCUT2D eigenvalue weighted by Gasteiger charge is 2.12. The smallest absolute Gasteiger partial charge is 0.180 e. The highest BCUT2D eigenvalue weighted by molar-refractivity contribution is 6.30. The third-order valence-corrected chi connectivity index (χ3v) is 3.05. The van der Waals surface area contributed by atoms with Crippen molar-refractivity contribution >= 4 is 11.6 Å². The molecule has 4 heteroatoms. The van der Waals surface area contributed by atoms with Crippen molar-refractivity contribution in [2.24, 2.45) is 0 Å². The summed E-state index contributed by atoms with van der Waals surface area (Å²) >= 11 is 6.16. The van der Waals surface area contributed by atoms with Crippen LogP contribution < -0.4 is 0 Å². The van der Waals surface area contributed by atoms with Crippen LogP contribution >= 0.6 is 11.6 Å². The van der Waals surface area contributed by atoms with Gasteiger partial charge in [0.25, 0.3) is 0 Å². The van der Waals surface area contributed by atoms with Crippen molar-refractivity contribution in [2.45, 2.75) is 27.2 Å². The minimum absolute atomic E-state index is 0.528. The summed E-state index contributed by atoms with van der Waals surface area (Å²) in [5.74, 6) is 0.600. The van der Waals surface area contributed by atoms with Gasteiger partial charge in [-0.05, 0) is 31.9 Å². The van der Waals surface area contributed by atoms with Crippen LogP contribution in [-0.2, 0) is 6.42 Å². The first-order valence-electron chi connectivity index (χ1n) is 5.58. The summed E-state index contributed by atoms with van der Waals surface area (Å²) in [5.41, 5.74) is 3.77. The van der Waals surface area contributed by atoms with Gasteiger partial charge in [0, 0.05) is 17.5 Å². The normalized spacial score (nSPS) is 10.6. The molecule has 3 nitrogen and oxygen atoms in total. The molecular formula is C13H14ClN3. The molecule has 0 saturated heterocycles. The first-order chi connectivity index (χ1) is 8.13. The van der Waals surface area contributed by atoms with Gasteiger partial charge < -0.3 is 0 Å². The van der Waals surface area contributed by atoms with Crippen LogP contribution in [-0.4, -0.2) is 15.0 Å². The number of halogens is 1. The van der Waals surface area contributed by atoms with Crippen LogP contribution in [0.3, 0.4) is 0 Å². The van der Waals surface area contributed by atoms with Crippen molar-refractivity contribution in [2.75, 3.05) is 0 Å². The van der Waals surface area contributed by atoms with Gasteiger partial charge in [0.05, 0.1) is 0 Å². The minimum Gasteiger partial charge on any atom is -0.253 e. The lowest BCUT2D eigenvalue weighted by Gasteiger charge is -2.08. The standard InChI is InChI=1S/C13H14ClN3/c1-4-10-9(3)16-13(17-12(10)14)11-8(2)6-5-7-15-11/h5-7H,4H2,1-3H3. The molecule has 2 heterocycles. The van der Waals surface area contributed by atoms with Crippen LogP contribution in [0, 0.1) is 13.8 Å². The summed E-state index contributed by atoms with van der Waals surface area (Å²) in [4.78, 5) is 13.1. The lowest BCUT2D eigenvalue weighted by Crippen LogP contribution is -2.01. The molecule has 0 aromatic carbocycles. The molecule has 0 unspecified atom stereocenters. The Hall–Kier alpha value is -1.48. The number of aryl methyl sites for hydroxylation is 2. The summed E-state index contributed by atoms with van der Waals surface area (Å²) in [6.45, 7) is 5.99. The second kappa shape index (κ2) is 4.80. The molecule has 2 aromatic heterocycles. The zero-order chi connectivity index (χ0) is 12.4. The Balaban J connectivity index is 2.59. The molecule has 0 atom stereocenters. The van der Waals surface area contributed by atoms with Crippen LogP contribution in [0.1, 0.15) is 23.7 Å². The molecule has 0 aliphatic heterocycles. The highest BCUT2D eigenvalue weighted by atomic mass is 35.5. The Morgan fingerprint density at radius 3 is 2.59 bits per heavy atom. The number of rotatable bonds is 2. The van der Waals surface area contributed by atoms with Crippen LogP contribution in [0.2, 0.25) is 5.15 Å². The molecule has 17 heavy (non-hydrogen) atoms. The molecule has 2 rings (SSSR count). The fourth-order valence-corrected chi connectivity index (χ4v) is 2.14. The van der Waals surface area contributed by atoms with Crippen molar-refractivity contribution < 1.29 is 0 Å². The van der Waals surface area contributed by atoms with E-state index in [9.17, 15) is 0 Å². The number of hydrogen-bond acceptors (Lipinski definition) is 3. The molecule has 0 radical (unpaired) electrons. The zero-order valence-electron chi connectivity index (χ0n) is 10.2. The maximum Gasteiger partial charge on any atom is 0.180 e. The molecule has 0 bridgehead atoms. The summed E-state index contributed by atoms with van der Waals surface area (Å²) < 4.78 is 0.